The molecule has 1 heterocycles. The van der Waals surface area contributed by atoms with Crippen LogP contribution in [0.25, 0.3) is 11.1 Å². The summed E-state index contributed by atoms with van der Waals surface area (Å²) in [6.45, 7) is 0.901. The summed E-state index contributed by atoms with van der Waals surface area (Å²) in [7, 11) is 1.58. The zero-order valence-corrected chi connectivity index (χ0v) is 23.5. The van der Waals surface area contributed by atoms with Crippen LogP contribution in [0.2, 0.25) is 5.02 Å². The van der Waals surface area contributed by atoms with Gasteiger partial charge in [-0.15, -0.1) is 13.2 Å². The Kier molecular flexibility index (Phi) is 9.88. The first-order valence-corrected chi connectivity index (χ1v) is 14.0. The molecule has 2 aromatic carbocycles. The number of halogens is 4. The van der Waals surface area contributed by atoms with Crippen LogP contribution in [-0.2, 0) is 19.9 Å². The molecular weight excluding hydrogens is 565 g/mol. The number of aliphatic hydroxyl groups is 2. The molecule has 1 aliphatic carbocycles. The molecule has 4 N–H and O–H groups in total. The number of rotatable bonds is 11. The standard InChI is InChI=1S/C29H36ClF3N2O6/c1-39-12-3-2-10-27(38,28(17-35(18-36)11-13-40-28)20-15-24(34)25(37)16-20)22-8-5-9-23(30)26(22)19-6-4-7-21(14-19)41-29(31,32)33/h4-9,14,18,20,24-25,37-38H,2-3,10-13,15-17,34H2,1H3/t20-,24+,25-,27+,28-/m0/s1. The lowest BCUT2D eigenvalue weighted by atomic mass is 9.65. The highest BCUT2D eigenvalue weighted by Crippen LogP contribution is 2.53. The van der Waals surface area contributed by atoms with E-state index in [-0.39, 0.29) is 31.0 Å². The molecule has 41 heavy (non-hydrogen) atoms. The van der Waals surface area contributed by atoms with E-state index in [1.54, 1.807) is 31.4 Å². The lowest BCUT2D eigenvalue weighted by Crippen LogP contribution is -2.66. The number of methoxy groups -OCH3 is 1. The van der Waals surface area contributed by atoms with Crippen molar-refractivity contribution in [2.24, 2.45) is 11.7 Å². The highest BCUT2D eigenvalue weighted by molar-refractivity contribution is 6.33. The van der Waals surface area contributed by atoms with Crippen molar-refractivity contribution in [3.8, 4) is 16.9 Å². The summed E-state index contributed by atoms with van der Waals surface area (Å²) in [6.07, 6.45) is -3.23. The summed E-state index contributed by atoms with van der Waals surface area (Å²) in [5.41, 5.74) is 3.94. The molecule has 5 atom stereocenters. The third-order valence-corrected chi connectivity index (χ3v) is 8.53. The minimum Gasteiger partial charge on any atom is -0.406 e. The van der Waals surface area contributed by atoms with Gasteiger partial charge in [-0.2, -0.15) is 0 Å². The number of morpholine rings is 1. The van der Waals surface area contributed by atoms with Gasteiger partial charge in [-0.25, -0.2) is 0 Å². The molecular formula is C29H36ClF3N2O6. The first-order chi connectivity index (χ1) is 19.4. The number of alkyl halides is 3. The van der Waals surface area contributed by atoms with E-state index < -0.39 is 41.4 Å². The van der Waals surface area contributed by atoms with E-state index in [0.29, 0.717) is 55.5 Å². The third kappa shape index (κ3) is 6.65. The topological polar surface area (TPSA) is 114 Å². The Balaban J connectivity index is 1.92. The van der Waals surface area contributed by atoms with Gasteiger partial charge in [-0.3, -0.25) is 4.79 Å². The molecule has 4 rings (SSSR count). The predicted molar refractivity (Wildman–Crippen MR) is 146 cm³/mol. The van der Waals surface area contributed by atoms with Gasteiger partial charge in [0.15, 0.2) is 0 Å². The molecule has 1 saturated carbocycles. The summed E-state index contributed by atoms with van der Waals surface area (Å²) in [6, 6.07) is 9.75. The van der Waals surface area contributed by atoms with Crippen LogP contribution in [0.15, 0.2) is 42.5 Å². The van der Waals surface area contributed by atoms with Gasteiger partial charge in [0.2, 0.25) is 6.41 Å². The monoisotopic (exact) mass is 600 g/mol. The van der Waals surface area contributed by atoms with Crippen molar-refractivity contribution >= 4 is 18.0 Å². The molecule has 2 aliphatic rings. The van der Waals surface area contributed by atoms with Crippen LogP contribution in [-0.4, -0.2) is 79.0 Å². The number of benzene rings is 2. The van der Waals surface area contributed by atoms with E-state index >= 15 is 0 Å². The SMILES string of the molecule is COCCCC[C@@](O)(c1cccc(Cl)c1-c1cccc(OC(F)(F)F)c1)[C@@]1([C@H]2C[C@@H](N)[C@@H](O)C2)CN(C=O)CCO1. The zero-order valence-electron chi connectivity index (χ0n) is 22.8. The number of nitrogens with two attached hydrogens (primary N) is 1. The van der Waals surface area contributed by atoms with E-state index in [4.69, 9.17) is 26.8 Å². The fourth-order valence-corrected chi connectivity index (χ4v) is 6.62. The Morgan fingerprint density at radius 2 is 1.98 bits per heavy atom. The minimum atomic E-state index is -4.90. The van der Waals surface area contributed by atoms with Gasteiger partial charge in [0.05, 0.1) is 19.3 Å². The molecule has 0 spiro atoms. The maximum atomic E-state index is 13.0. The molecule has 0 radical (unpaired) electrons. The van der Waals surface area contributed by atoms with Crippen LogP contribution in [0.4, 0.5) is 13.2 Å². The van der Waals surface area contributed by atoms with Gasteiger partial charge in [-0.1, -0.05) is 35.9 Å². The van der Waals surface area contributed by atoms with Crippen LogP contribution in [0, 0.1) is 5.92 Å². The second-order valence-corrected chi connectivity index (χ2v) is 11.2. The fraction of sp³-hybridized carbons (Fsp3) is 0.552. The van der Waals surface area contributed by atoms with E-state index in [1.807, 2.05) is 0 Å². The van der Waals surface area contributed by atoms with E-state index in [1.165, 1.54) is 23.1 Å². The zero-order chi connectivity index (χ0) is 29.8. The summed E-state index contributed by atoms with van der Waals surface area (Å²) in [5.74, 6) is -0.889. The van der Waals surface area contributed by atoms with E-state index in [2.05, 4.69) is 4.74 Å². The lowest BCUT2D eigenvalue weighted by molar-refractivity contribution is -0.274. The molecule has 1 aliphatic heterocycles. The third-order valence-electron chi connectivity index (χ3n) is 8.21. The van der Waals surface area contributed by atoms with Gasteiger partial charge >= 0.3 is 6.36 Å². The van der Waals surface area contributed by atoms with Crippen molar-refractivity contribution in [1.29, 1.82) is 0 Å². The van der Waals surface area contributed by atoms with Crippen molar-refractivity contribution < 1.29 is 42.4 Å². The molecule has 0 unspecified atom stereocenters. The van der Waals surface area contributed by atoms with Crippen molar-refractivity contribution in [1.82, 2.24) is 4.90 Å². The molecule has 1 saturated heterocycles. The van der Waals surface area contributed by atoms with Gasteiger partial charge in [-0.05, 0) is 67.3 Å². The summed E-state index contributed by atoms with van der Waals surface area (Å²) in [4.78, 5) is 13.5. The average molecular weight is 601 g/mol. The number of aliphatic hydroxyl groups excluding tert-OH is 1. The smallest absolute Gasteiger partial charge is 0.406 e. The van der Waals surface area contributed by atoms with Gasteiger partial charge in [0.25, 0.3) is 0 Å². The number of nitrogens with zero attached hydrogens (tertiary/aromatic N) is 1. The number of carbonyl (C=O) groups excluding carboxylic acids is 1. The molecule has 1 amide bonds. The average Bonchev–Trinajstić information content (AvgIpc) is 3.28. The maximum Gasteiger partial charge on any atom is 0.573 e. The lowest BCUT2D eigenvalue weighted by Gasteiger charge is -2.55. The first-order valence-electron chi connectivity index (χ1n) is 13.6. The number of amides is 1. The molecule has 0 bridgehead atoms. The van der Waals surface area contributed by atoms with Crippen LogP contribution >= 0.6 is 11.6 Å². The highest BCUT2D eigenvalue weighted by Gasteiger charge is 2.61. The van der Waals surface area contributed by atoms with Gasteiger partial charge in [0.1, 0.15) is 17.0 Å². The van der Waals surface area contributed by atoms with Crippen LogP contribution in [0.5, 0.6) is 5.75 Å². The maximum absolute atomic E-state index is 13.0. The second-order valence-electron chi connectivity index (χ2n) is 10.8. The summed E-state index contributed by atoms with van der Waals surface area (Å²) < 4.78 is 55.0. The molecule has 2 fully saturated rings. The molecule has 12 heteroatoms. The fourth-order valence-electron chi connectivity index (χ4n) is 6.34. The van der Waals surface area contributed by atoms with Gasteiger partial charge in [0, 0.05) is 36.9 Å². The Labute approximate surface area is 242 Å². The van der Waals surface area contributed by atoms with E-state index in [0.717, 1.165) is 0 Å². The Bertz CT molecular complexity index is 1190. The van der Waals surface area contributed by atoms with Gasteiger partial charge < -0.3 is 35.1 Å². The Morgan fingerprint density at radius 3 is 2.63 bits per heavy atom. The van der Waals surface area contributed by atoms with Crippen molar-refractivity contribution in [2.75, 3.05) is 33.4 Å². The highest BCUT2D eigenvalue weighted by atomic mass is 35.5. The molecule has 0 aromatic heterocycles. The number of hydrogen-bond acceptors (Lipinski definition) is 7. The number of unbranched alkanes of at least 4 members (excludes halogenated alkanes) is 1. The predicted octanol–water partition coefficient (Wildman–Crippen LogP) is 4.24. The van der Waals surface area contributed by atoms with Crippen molar-refractivity contribution in [3.63, 3.8) is 0 Å². The summed E-state index contributed by atoms with van der Waals surface area (Å²) >= 11 is 6.72. The normalized spacial score (nSPS) is 26.5. The van der Waals surface area contributed by atoms with Crippen LogP contribution < -0.4 is 10.5 Å². The van der Waals surface area contributed by atoms with Crippen molar-refractivity contribution in [3.05, 3.63) is 53.1 Å². The second kappa shape index (κ2) is 12.8. The Hall–Kier alpha value is -2.41. The van der Waals surface area contributed by atoms with Crippen LogP contribution in [0.1, 0.15) is 37.7 Å². The number of carbonyl (C=O) groups is 1. The van der Waals surface area contributed by atoms with Crippen LogP contribution in [0.3, 0.4) is 0 Å². The number of ether oxygens (including phenoxy) is 3. The Morgan fingerprint density at radius 1 is 1.22 bits per heavy atom. The molecule has 8 nitrogen and oxygen atoms in total. The summed E-state index contributed by atoms with van der Waals surface area (Å²) in [5, 5.41) is 23.9. The first kappa shape index (κ1) is 31.5. The minimum absolute atomic E-state index is 0.0184. The largest absolute Gasteiger partial charge is 0.573 e. The number of hydrogen-bond donors (Lipinski definition) is 3. The van der Waals surface area contributed by atoms with E-state index in [9.17, 15) is 28.2 Å². The quantitative estimate of drug-likeness (QED) is 0.261. The van der Waals surface area contributed by atoms with Crippen molar-refractivity contribution in [2.45, 2.75) is 61.8 Å². The molecule has 226 valence electrons. The molecule has 2 aromatic rings.